The molecule has 0 fully saturated rings. The molecule has 1 N–H and O–H groups in total. The van der Waals surface area contributed by atoms with Crippen molar-refractivity contribution >= 4 is 5.91 Å². The number of nitrogens with one attached hydrogen (secondary N) is 1. The van der Waals surface area contributed by atoms with Crippen LogP contribution < -0.4 is 10.1 Å². The number of carbonyl (C=O) groups excluding carboxylic acids is 1. The number of allylic oxidation sites excluding steroid dienone is 1. The molecule has 3 heteroatoms. The third-order valence-corrected chi connectivity index (χ3v) is 3.92. The summed E-state index contributed by atoms with van der Waals surface area (Å²) >= 11 is 0. The van der Waals surface area contributed by atoms with Crippen LogP contribution in [0.4, 0.5) is 0 Å². The second kappa shape index (κ2) is 12.6. The maximum Gasteiger partial charge on any atom is 0.220 e. The standard InChI is InChI=1S/C22H35NO2/c1-5-7-8-9-10-12-20(23-22(24)11-6-2)17-19-13-15-21(16-14-19)25-18(3)4/h10,12-16,18,20H,5-9,11,17H2,1-4H3,(H,23,24). The Morgan fingerprint density at radius 3 is 2.44 bits per heavy atom. The van der Waals surface area contributed by atoms with Crippen LogP contribution in [0, 0.1) is 0 Å². The van der Waals surface area contributed by atoms with Crippen LogP contribution in [-0.4, -0.2) is 18.1 Å². The lowest BCUT2D eigenvalue weighted by Gasteiger charge is -2.16. The summed E-state index contributed by atoms with van der Waals surface area (Å²) < 4.78 is 5.69. The van der Waals surface area contributed by atoms with Crippen LogP contribution in [0.25, 0.3) is 0 Å². The molecule has 0 aliphatic carbocycles. The highest BCUT2D eigenvalue weighted by atomic mass is 16.5. The van der Waals surface area contributed by atoms with E-state index < -0.39 is 0 Å². The number of benzene rings is 1. The predicted octanol–water partition coefficient (Wildman–Crippen LogP) is 5.44. The fraction of sp³-hybridized carbons (Fsp3) is 0.591. The largest absolute Gasteiger partial charge is 0.491 e. The SMILES string of the molecule is CCCCCC=CC(Cc1ccc(OC(C)C)cc1)NC(=O)CCC. The van der Waals surface area contributed by atoms with Crippen molar-refractivity contribution in [3.63, 3.8) is 0 Å². The molecule has 1 amide bonds. The van der Waals surface area contributed by atoms with E-state index >= 15 is 0 Å². The van der Waals surface area contributed by atoms with Gasteiger partial charge in [0.05, 0.1) is 12.1 Å². The fourth-order valence-corrected chi connectivity index (χ4v) is 2.68. The summed E-state index contributed by atoms with van der Waals surface area (Å²) in [6, 6.07) is 8.23. The van der Waals surface area contributed by atoms with Gasteiger partial charge < -0.3 is 10.1 Å². The Balaban J connectivity index is 2.65. The highest BCUT2D eigenvalue weighted by Gasteiger charge is 2.10. The summed E-state index contributed by atoms with van der Waals surface area (Å²) in [7, 11) is 0. The van der Waals surface area contributed by atoms with Gasteiger partial charge in [-0.25, -0.2) is 0 Å². The van der Waals surface area contributed by atoms with Gasteiger partial charge in [0, 0.05) is 6.42 Å². The quantitative estimate of drug-likeness (QED) is 0.405. The summed E-state index contributed by atoms with van der Waals surface area (Å²) in [6.07, 6.45) is 11.6. The van der Waals surface area contributed by atoms with E-state index in [1.165, 1.54) is 24.8 Å². The van der Waals surface area contributed by atoms with Crippen molar-refractivity contribution in [2.75, 3.05) is 0 Å². The monoisotopic (exact) mass is 345 g/mol. The third-order valence-electron chi connectivity index (χ3n) is 3.92. The molecule has 0 aromatic heterocycles. The third kappa shape index (κ3) is 9.96. The molecule has 0 heterocycles. The molecular formula is C22H35NO2. The summed E-state index contributed by atoms with van der Waals surface area (Å²) in [5.41, 5.74) is 1.20. The van der Waals surface area contributed by atoms with Gasteiger partial charge in [-0.2, -0.15) is 0 Å². The molecule has 1 aromatic rings. The maximum atomic E-state index is 12.0. The lowest BCUT2D eigenvalue weighted by atomic mass is 10.0. The average Bonchev–Trinajstić information content (AvgIpc) is 2.56. The zero-order valence-electron chi connectivity index (χ0n) is 16.4. The lowest BCUT2D eigenvalue weighted by Crippen LogP contribution is -2.34. The first kappa shape index (κ1) is 21.3. The summed E-state index contributed by atoms with van der Waals surface area (Å²) in [6.45, 7) is 8.29. The van der Waals surface area contributed by atoms with Crippen molar-refractivity contribution in [3.8, 4) is 5.75 Å². The normalized spacial score (nSPS) is 12.5. The van der Waals surface area contributed by atoms with Crippen molar-refractivity contribution in [1.29, 1.82) is 0 Å². The van der Waals surface area contributed by atoms with E-state index in [-0.39, 0.29) is 18.1 Å². The maximum absolute atomic E-state index is 12.0. The Labute approximate surface area is 153 Å². The van der Waals surface area contributed by atoms with Crippen molar-refractivity contribution in [1.82, 2.24) is 5.32 Å². The van der Waals surface area contributed by atoms with E-state index in [1.807, 2.05) is 32.9 Å². The Kier molecular flexibility index (Phi) is 10.7. The minimum absolute atomic E-state index is 0.0533. The molecule has 0 saturated heterocycles. The Morgan fingerprint density at radius 2 is 1.84 bits per heavy atom. The van der Waals surface area contributed by atoms with Crippen molar-refractivity contribution in [3.05, 3.63) is 42.0 Å². The minimum Gasteiger partial charge on any atom is -0.491 e. The molecule has 3 nitrogen and oxygen atoms in total. The van der Waals surface area contributed by atoms with E-state index in [0.29, 0.717) is 6.42 Å². The van der Waals surface area contributed by atoms with Gasteiger partial charge in [-0.3, -0.25) is 4.79 Å². The molecule has 25 heavy (non-hydrogen) atoms. The topological polar surface area (TPSA) is 38.3 Å². The van der Waals surface area contributed by atoms with E-state index in [2.05, 4.69) is 36.5 Å². The number of rotatable bonds is 12. The summed E-state index contributed by atoms with van der Waals surface area (Å²) in [4.78, 5) is 12.0. The second-order valence-corrected chi connectivity index (χ2v) is 6.86. The molecule has 0 saturated carbocycles. The number of amides is 1. The number of carbonyl (C=O) groups is 1. The van der Waals surface area contributed by atoms with Gasteiger partial charge >= 0.3 is 0 Å². The average molecular weight is 346 g/mol. The molecular weight excluding hydrogens is 310 g/mol. The van der Waals surface area contributed by atoms with Crippen LogP contribution in [0.3, 0.4) is 0 Å². The van der Waals surface area contributed by atoms with Crippen molar-refractivity contribution < 1.29 is 9.53 Å². The first-order valence-corrected chi connectivity index (χ1v) is 9.76. The van der Waals surface area contributed by atoms with Gasteiger partial charge in [0.15, 0.2) is 0 Å². The van der Waals surface area contributed by atoms with E-state index in [1.54, 1.807) is 0 Å². The molecule has 1 unspecified atom stereocenters. The highest BCUT2D eigenvalue weighted by Crippen LogP contribution is 2.15. The fourth-order valence-electron chi connectivity index (χ4n) is 2.68. The van der Waals surface area contributed by atoms with E-state index in [0.717, 1.165) is 25.0 Å². The van der Waals surface area contributed by atoms with Gasteiger partial charge in [-0.05, 0) is 57.2 Å². The van der Waals surface area contributed by atoms with Crippen LogP contribution in [0.5, 0.6) is 5.75 Å². The van der Waals surface area contributed by atoms with E-state index in [4.69, 9.17) is 4.74 Å². The molecule has 0 bridgehead atoms. The molecule has 0 aliphatic heterocycles. The van der Waals surface area contributed by atoms with Crippen LogP contribution in [0.1, 0.15) is 71.8 Å². The van der Waals surface area contributed by atoms with Gasteiger partial charge in [0.2, 0.25) is 5.91 Å². The smallest absolute Gasteiger partial charge is 0.220 e. The van der Waals surface area contributed by atoms with Gasteiger partial charge in [-0.15, -0.1) is 0 Å². The molecule has 1 aromatic carbocycles. The zero-order chi connectivity index (χ0) is 18.5. The minimum atomic E-state index is 0.0533. The van der Waals surface area contributed by atoms with Crippen LogP contribution >= 0.6 is 0 Å². The van der Waals surface area contributed by atoms with Crippen molar-refractivity contribution in [2.45, 2.75) is 84.8 Å². The highest BCUT2D eigenvalue weighted by molar-refractivity contribution is 5.76. The first-order chi connectivity index (χ1) is 12.0. The van der Waals surface area contributed by atoms with Gasteiger partial charge in [0.1, 0.15) is 5.75 Å². The molecule has 0 aliphatic rings. The number of ether oxygens (including phenoxy) is 1. The van der Waals surface area contributed by atoms with E-state index in [9.17, 15) is 4.79 Å². The molecule has 140 valence electrons. The number of hydrogen-bond acceptors (Lipinski definition) is 2. The van der Waals surface area contributed by atoms with Crippen LogP contribution in [0.15, 0.2) is 36.4 Å². The predicted molar refractivity (Wildman–Crippen MR) is 106 cm³/mol. The summed E-state index contributed by atoms with van der Waals surface area (Å²) in [5.74, 6) is 1.02. The van der Waals surface area contributed by atoms with Crippen LogP contribution in [0.2, 0.25) is 0 Å². The van der Waals surface area contributed by atoms with Crippen molar-refractivity contribution in [2.24, 2.45) is 0 Å². The molecule has 1 rings (SSSR count). The summed E-state index contributed by atoms with van der Waals surface area (Å²) in [5, 5.41) is 3.15. The lowest BCUT2D eigenvalue weighted by molar-refractivity contribution is -0.121. The molecule has 0 radical (unpaired) electrons. The Morgan fingerprint density at radius 1 is 1.12 bits per heavy atom. The Hall–Kier alpha value is -1.77. The number of hydrogen-bond donors (Lipinski definition) is 1. The van der Waals surface area contributed by atoms with Crippen LogP contribution in [-0.2, 0) is 11.2 Å². The first-order valence-electron chi connectivity index (χ1n) is 9.76. The Bertz CT molecular complexity index is 505. The second-order valence-electron chi connectivity index (χ2n) is 6.86. The van der Waals surface area contributed by atoms with Gasteiger partial charge in [-0.1, -0.05) is 51.0 Å². The zero-order valence-corrected chi connectivity index (χ0v) is 16.4. The molecule has 0 spiro atoms. The van der Waals surface area contributed by atoms with Gasteiger partial charge in [0.25, 0.3) is 0 Å². The number of unbranched alkanes of at least 4 members (excludes halogenated alkanes) is 3. The molecule has 1 atom stereocenters.